The number of nitrogens with zero attached hydrogens (tertiary/aromatic N) is 4. The molecule has 1 unspecified atom stereocenters. The molecule has 0 aliphatic carbocycles. The van der Waals surface area contributed by atoms with Crippen molar-refractivity contribution in [3.63, 3.8) is 0 Å². The number of halogens is 1. The Morgan fingerprint density at radius 1 is 1.15 bits per heavy atom. The summed E-state index contributed by atoms with van der Waals surface area (Å²) in [5, 5.41) is 0. The number of benzene rings is 2. The van der Waals surface area contributed by atoms with E-state index in [2.05, 4.69) is 9.98 Å². The van der Waals surface area contributed by atoms with Gasteiger partial charge in [-0.2, -0.15) is 0 Å². The third kappa shape index (κ3) is 3.85. The molecule has 1 fully saturated rings. The van der Waals surface area contributed by atoms with Crippen LogP contribution in [0.5, 0.6) is 5.75 Å². The molecule has 2 aliphatic rings. The fraction of sp³-hybridized carbons (Fsp3) is 0.269. The Labute approximate surface area is 197 Å². The molecule has 34 heavy (non-hydrogen) atoms. The number of carbonyl (C=O) groups is 1. The van der Waals surface area contributed by atoms with Crippen LogP contribution in [-0.2, 0) is 10.3 Å². The van der Waals surface area contributed by atoms with Gasteiger partial charge in [0.1, 0.15) is 17.4 Å². The molecule has 8 heteroatoms. The van der Waals surface area contributed by atoms with Crippen molar-refractivity contribution in [2.45, 2.75) is 25.3 Å². The zero-order valence-electron chi connectivity index (χ0n) is 19.1. The molecule has 1 amide bonds. The van der Waals surface area contributed by atoms with E-state index in [-0.39, 0.29) is 5.82 Å². The standard InChI is InChI=1S/C26H25FN4O3/c1-18-16-30(17-29-18)22-9-3-19(15-23(22)33-2)4-10-24-28-13-11-26(12-14-34-25(32)31(24)26)20-5-7-21(27)8-6-20/h3-10,15-17H,11-14H2,1-2H3/b10-4+. The average molecular weight is 461 g/mol. The van der Waals surface area contributed by atoms with Crippen LogP contribution in [0, 0.1) is 12.7 Å². The number of fused-ring (bicyclic) bond motifs is 1. The fourth-order valence-corrected chi connectivity index (χ4v) is 4.67. The van der Waals surface area contributed by atoms with E-state index in [1.807, 2.05) is 48.0 Å². The van der Waals surface area contributed by atoms with E-state index < -0.39 is 11.6 Å². The number of amidine groups is 1. The van der Waals surface area contributed by atoms with Gasteiger partial charge in [-0.15, -0.1) is 0 Å². The number of aliphatic imine (C=N–C) groups is 1. The molecule has 174 valence electrons. The maximum Gasteiger partial charge on any atom is 0.416 e. The highest BCUT2D eigenvalue weighted by atomic mass is 19.1. The molecule has 2 aliphatic heterocycles. The highest BCUT2D eigenvalue weighted by Crippen LogP contribution is 2.41. The minimum Gasteiger partial charge on any atom is -0.495 e. The summed E-state index contributed by atoms with van der Waals surface area (Å²) in [7, 11) is 1.63. The van der Waals surface area contributed by atoms with Crippen molar-refractivity contribution in [1.29, 1.82) is 0 Å². The topological polar surface area (TPSA) is 69.0 Å². The van der Waals surface area contributed by atoms with Gasteiger partial charge in [-0.3, -0.25) is 9.89 Å². The Hall–Kier alpha value is -3.94. The lowest BCUT2D eigenvalue weighted by atomic mass is 9.80. The van der Waals surface area contributed by atoms with Gasteiger partial charge in [0, 0.05) is 19.2 Å². The normalized spacial score (nSPS) is 20.1. The van der Waals surface area contributed by atoms with Crippen LogP contribution in [0.4, 0.5) is 9.18 Å². The Morgan fingerprint density at radius 3 is 2.71 bits per heavy atom. The first-order valence-electron chi connectivity index (χ1n) is 11.1. The third-order valence-corrected chi connectivity index (χ3v) is 6.38. The van der Waals surface area contributed by atoms with Gasteiger partial charge in [-0.25, -0.2) is 14.2 Å². The van der Waals surface area contributed by atoms with Crippen LogP contribution in [0.3, 0.4) is 0 Å². The lowest BCUT2D eigenvalue weighted by Crippen LogP contribution is -2.58. The summed E-state index contributed by atoms with van der Waals surface area (Å²) in [5.41, 5.74) is 2.96. The van der Waals surface area contributed by atoms with Gasteiger partial charge in [0.25, 0.3) is 0 Å². The summed E-state index contributed by atoms with van der Waals surface area (Å²) in [6, 6.07) is 12.2. The Morgan fingerprint density at radius 2 is 1.97 bits per heavy atom. The number of hydrogen-bond donors (Lipinski definition) is 0. The summed E-state index contributed by atoms with van der Waals surface area (Å²) in [5.74, 6) is 0.912. The van der Waals surface area contributed by atoms with Crippen LogP contribution in [-0.4, -0.2) is 46.6 Å². The first-order chi connectivity index (χ1) is 16.5. The van der Waals surface area contributed by atoms with Gasteiger partial charge in [0.15, 0.2) is 0 Å². The Bertz CT molecular complexity index is 1280. The van der Waals surface area contributed by atoms with Gasteiger partial charge < -0.3 is 14.0 Å². The van der Waals surface area contributed by atoms with Crippen molar-refractivity contribution in [2.24, 2.45) is 4.99 Å². The number of aryl methyl sites for hydroxylation is 1. The van der Waals surface area contributed by atoms with Crippen molar-refractivity contribution in [3.8, 4) is 11.4 Å². The number of ether oxygens (including phenoxy) is 2. The number of carbonyl (C=O) groups excluding carboxylic acids is 1. The van der Waals surface area contributed by atoms with Crippen molar-refractivity contribution < 1.29 is 18.7 Å². The van der Waals surface area contributed by atoms with Crippen LogP contribution >= 0.6 is 0 Å². The number of imidazole rings is 1. The maximum atomic E-state index is 13.6. The molecule has 7 nitrogen and oxygen atoms in total. The molecule has 0 spiro atoms. The lowest BCUT2D eigenvalue weighted by molar-refractivity contribution is 0.0217. The van der Waals surface area contributed by atoms with Crippen LogP contribution in [0.15, 0.2) is 66.1 Å². The van der Waals surface area contributed by atoms with Gasteiger partial charge in [-0.1, -0.05) is 24.3 Å². The number of amides is 1. The summed E-state index contributed by atoms with van der Waals surface area (Å²) in [6.45, 7) is 2.81. The summed E-state index contributed by atoms with van der Waals surface area (Å²) >= 11 is 0. The Balaban J connectivity index is 1.47. The minimum absolute atomic E-state index is 0.307. The zero-order valence-corrected chi connectivity index (χ0v) is 19.1. The second-order valence-electron chi connectivity index (χ2n) is 8.42. The van der Waals surface area contributed by atoms with E-state index in [4.69, 9.17) is 9.47 Å². The maximum absolute atomic E-state index is 13.6. The largest absolute Gasteiger partial charge is 0.495 e. The molecule has 2 aromatic carbocycles. The molecular formula is C26H25FN4O3. The highest BCUT2D eigenvalue weighted by molar-refractivity contribution is 6.06. The van der Waals surface area contributed by atoms with Gasteiger partial charge in [0.05, 0.1) is 37.0 Å². The summed E-state index contributed by atoms with van der Waals surface area (Å²) in [6.07, 6.45) is 8.22. The minimum atomic E-state index is -0.606. The SMILES string of the molecule is COc1cc(/C=C/C2=NCCC3(c4ccc(F)cc4)CCOC(=O)N23)ccc1-n1cnc(C)c1. The van der Waals surface area contributed by atoms with Gasteiger partial charge in [0.2, 0.25) is 0 Å². The summed E-state index contributed by atoms with van der Waals surface area (Å²) < 4.78 is 26.5. The fourth-order valence-electron chi connectivity index (χ4n) is 4.67. The number of aromatic nitrogens is 2. The van der Waals surface area contributed by atoms with Crippen molar-refractivity contribution in [2.75, 3.05) is 20.3 Å². The molecule has 0 N–H and O–H groups in total. The van der Waals surface area contributed by atoms with Crippen LogP contribution in [0.1, 0.15) is 29.7 Å². The first kappa shape index (κ1) is 21.9. The molecular weight excluding hydrogens is 435 g/mol. The summed E-state index contributed by atoms with van der Waals surface area (Å²) in [4.78, 5) is 23.4. The quantitative estimate of drug-likeness (QED) is 0.544. The predicted octanol–water partition coefficient (Wildman–Crippen LogP) is 4.88. The smallest absolute Gasteiger partial charge is 0.416 e. The van der Waals surface area contributed by atoms with E-state index in [1.54, 1.807) is 30.5 Å². The first-order valence-corrected chi connectivity index (χ1v) is 11.1. The number of hydrogen-bond acceptors (Lipinski definition) is 5. The van der Waals surface area contributed by atoms with Crippen molar-refractivity contribution >= 4 is 18.0 Å². The molecule has 0 radical (unpaired) electrons. The highest BCUT2D eigenvalue weighted by Gasteiger charge is 2.48. The van der Waals surface area contributed by atoms with Crippen LogP contribution in [0.25, 0.3) is 11.8 Å². The van der Waals surface area contributed by atoms with E-state index in [0.29, 0.717) is 37.6 Å². The van der Waals surface area contributed by atoms with Crippen LogP contribution in [0.2, 0.25) is 0 Å². The van der Waals surface area contributed by atoms with Crippen molar-refractivity contribution in [3.05, 3.63) is 83.7 Å². The van der Waals surface area contributed by atoms with E-state index in [0.717, 1.165) is 22.5 Å². The molecule has 1 saturated heterocycles. The molecule has 3 aromatic rings. The van der Waals surface area contributed by atoms with Crippen molar-refractivity contribution in [1.82, 2.24) is 14.5 Å². The third-order valence-electron chi connectivity index (χ3n) is 6.38. The van der Waals surface area contributed by atoms with E-state index >= 15 is 0 Å². The number of rotatable bonds is 5. The molecule has 3 heterocycles. The van der Waals surface area contributed by atoms with E-state index in [1.165, 1.54) is 12.1 Å². The second-order valence-corrected chi connectivity index (χ2v) is 8.42. The lowest BCUT2D eigenvalue weighted by Gasteiger charge is -2.48. The van der Waals surface area contributed by atoms with Gasteiger partial charge >= 0.3 is 6.09 Å². The number of cyclic esters (lactones) is 1. The number of methoxy groups -OCH3 is 1. The Kier molecular flexibility index (Phi) is 5.65. The molecule has 1 aromatic heterocycles. The molecule has 0 bridgehead atoms. The molecule has 5 rings (SSSR count). The molecule has 0 saturated carbocycles. The van der Waals surface area contributed by atoms with E-state index in [9.17, 15) is 9.18 Å². The van der Waals surface area contributed by atoms with Crippen LogP contribution < -0.4 is 4.74 Å². The zero-order chi connectivity index (χ0) is 23.7. The molecule has 1 atom stereocenters. The van der Waals surface area contributed by atoms with Gasteiger partial charge in [-0.05, 0) is 54.8 Å². The monoisotopic (exact) mass is 460 g/mol. The second kappa shape index (κ2) is 8.78. The predicted molar refractivity (Wildman–Crippen MR) is 127 cm³/mol. The average Bonchev–Trinajstić information content (AvgIpc) is 3.28.